The number of piperidine rings is 1. The van der Waals surface area contributed by atoms with E-state index in [0.717, 1.165) is 38.3 Å². The highest BCUT2D eigenvalue weighted by molar-refractivity contribution is 5.98. The number of hydrogen-bond acceptors (Lipinski definition) is 8. The average molecular weight is 538 g/mol. The maximum Gasteiger partial charge on any atom is 0.294 e. The second-order valence-electron chi connectivity index (χ2n) is 10.2. The van der Waals surface area contributed by atoms with Gasteiger partial charge in [0.1, 0.15) is 0 Å². The standard InChI is InChI=1S/C27H35N7O.2C2H6.2H2/c1-18-19(2)33-27-16-22(27)23(11-10-21(18)27)29-24-30-25(34-13-4-3-5-14-34)32-26(31-24)35-15-7-9-20-8-6-12-28-17-20;2*1-2;;/h6,8,10-12,17,22,25,33H,3-5,7,9,13-16H2,1-2H3,(H2,29,30,31,32);2*1-2H3;2*1H. The van der Waals surface area contributed by atoms with Crippen molar-refractivity contribution in [2.75, 3.05) is 19.7 Å². The first-order valence-electron chi connectivity index (χ1n) is 15.0. The molecule has 6 rings (SSSR count). The average Bonchev–Trinajstić information content (AvgIpc) is 3.68. The van der Waals surface area contributed by atoms with Crippen LogP contribution in [0, 0.1) is 5.92 Å². The number of likely N-dealkylation sites (tertiary alicyclic amines) is 1. The van der Waals surface area contributed by atoms with Crippen LogP contribution in [0.4, 0.5) is 0 Å². The summed E-state index contributed by atoms with van der Waals surface area (Å²) in [7, 11) is 0. The molecule has 0 aromatic carbocycles. The van der Waals surface area contributed by atoms with Crippen molar-refractivity contribution >= 4 is 12.0 Å². The number of ether oxygens (including phenoxy) is 1. The minimum Gasteiger partial charge on any atom is -0.465 e. The van der Waals surface area contributed by atoms with Gasteiger partial charge in [0.25, 0.3) is 6.02 Å². The van der Waals surface area contributed by atoms with Crippen molar-refractivity contribution in [3.63, 3.8) is 0 Å². The van der Waals surface area contributed by atoms with E-state index < -0.39 is 0 Å². The van der Waals surface area contributed by atoms with Crippen LogP contribution in [0.15, 0.2) is 69.2 Å². The first-order chi connectivity index (χ1) is 19.1. The zero-order valence-corrected chi connectivity index (χ0v) is 24.7. The van der Waals surface area contributed by atoms with E-state index >= 15 is 0 Å². The third-order valence-electron chi connectivity index (χ3n) is 7.88. The zero-order chi connectivity index (χ0) is 27.8. The third-order valence-corrected chi connectivity index (χ3v) is 7.88. The third kappa shape index (κ3) is 6.38. The molecular weight excluding hydrogens is 486 g/mol. The fourth-order valence-electron chi connectivity index (χ4n) is 5.79. The van der Waals surface area contributed by atoms with Crippen molar-refractivity contribution in [3.8, 4) is 0 Å². The molecule has 1 saturated heterocycles. The Balaban J connectivity index is 0.000000941. The van der Waals surface area contributed by atoms with Gasteiger partial charge in [0.2, 0.25) is 12.2 Å². The van der Waals surface area contributed by atoms with Crippen molar-refractivity contribution in [3.05, 3.63) is 64.8 Å². The van der Waals surface area contributed by atoms with Crippen LogP contribution in [0.3, 0.4) is 0 Å². The van der Waals surface area contributed by atoms with Crippen molar-refractivity contribution in [2.45, 2.75) is 91.9 Å². The van der Waals surface area contributed by atoms with Gasteiger partial charge < -0.3 is 15.4 Å². The van der Waals surface area contributed by atoms with Gasteiger partial charge >= 0.3 is 0 Å². The number of nitrogens with zero attached hydrogens (tertiary/aromatic N) is 4. The van der Waals surface area contributed by atoms with E-state index in [-0.39, 0.29) is 14.7 Å². The summed E-state index contributed by atoms with van der Waals surface area (Å²) in [6.07, 6.45) is 14.6. The fraction of sp³-hybridized carbons (Fsp3) is 0.581. The number of hydrogen-bond donors (Lipinski definition) is 3. The number of guanidine groups is 1. The van der Waals surface area contributed by atoms with E-state index in [2.05, 4.69) is 57.9 Å². The Kier molecular flexibility index (Phi) is 9.83. The van der Waals surface area contributed by atoms with Gasteiger partial charge in [-0.3, -0.25) is 15.2 Å². The summed E-state index contributed by atoms with van der Waals surface area (Å²) in [4.78, 5) is 16.3. The zero-order valence-electron chi connectivity index (χ0n) is 24.7. The quantitative estimate of drug-likeness (QED) is 0.402. The monoisotopic (exact) mass is 537 g/mol. The van der Waals surface area contributed by atoms with Crippen LogP contribution in [0.2, 0.25) is 0 Å². The first-order valence-corrected chi connectivity index (χ1v) is 15.0. The molecule has 3 aliphatic heterocycles. The van der Waals surface area contributed by atoms with Crippen LogP contribution in [-0.2, 0) is 11.2 Å². The molecule has 4 heterocycles. The molecule has 0 amide bonds. The highest BCUT2D eigenvalue weighted by atomic mass is 16.5. The molecule has 1 spiro atoms. The molecule has 8 heteroatoms. The molecule has 0 radical (unpaired) electrons. The van der Waals surface area contributed by atoms with Gasteiger partial charge in [0, 0.05) is 45.6 Å². The van der Waals surface area contributed by atoms with Crippen molar-refractivity contribution in [1.29, 1.82) is 0 Å². The molecule has 1 saturated carbocycles. The van der Waals surface area contributed by atoms with Gasteiger partial charge in [0.15, 0.2) is 0 Å². The van der Waals surface area contributed by atoms with Crippen molar-refractivity contribution in [2.24, 2.45) is 15.9 Å². The fourth-order valence-corrected chi connectivity index (χ4v) is 5.79. The Morgan fingerprint density at radius 1 is 1.10 bits per heavy atom. The molecule has 2 fully saturated rings. The predicted octanol–water partition coefficient (Wildman–Crippen LogP) is 5.73. The topological polar surface area (TPSA) is 86.2 Å². The van der Waals surface area contributed by atoms with Crippen LogP contribution >= 0.6 is 0 Å². The highest BCUT2D eigenvalue weighted by Crippen LogP contribution is 2.59. The molecule has 1 aromatic heterocycles. The summed E-state index contributed by atoms with van der Waals surface area (Å²) >= 11 is 0. The number of aromatic nitrogens is 1. The van der Waals surface area contributed by atoms with Gasteiger partial charge in [0.05, 0.1) is 12.1 Å². The number of aryl methyl sites for hydroxylation is 1. The number of nitrogens with one attached hydrogen (secondary N) is 3. The lowest BCUT2D eigenvalue weighted by Crippen LogP contribution is -2.50. The normalized spacial score (nSPS) is 26.8. The molecule has 2 aliphatic carbocycles. The number of aliphatic imine (C=N–C) groups is 2. The molecule has 1 aromatic rings. The van der Waals surface area contributed by atoms with Crippen LogP contribution in [0.25, 0.3) is 0 Å². The molecule has 216 valence electrons. The Labute approximate surface area is 237 Å². The Bertz CT molecular complexity index is 1140. The van der Waals surface area contributed by atoms with Crippen LogP contribution in [-0.4, -0.2) is 53.4 Å². The minimum atomic E-state index is -0.244. The second kappa shape index (κ2) is 13.3. The molecule has 0 bridgehead atoms. The van der Waals surface area contributed by atoms with Gasteiger partial charge in [-0.2, -0.15) is 4.99 Å². The van der Waals surface area contributed by atoms with E-state index in [1.54, 1.807) is 6.20 Å². The van der Waals surface area contributed by atoms with E-state index in [9.17, 15) is 0 Å². The smallest absolute Gasteiger partial charge is 0.294 e. The summed E-state index contributed by atoms with van der Waals surface area (Å²) in [6.45, 7) is 15.0. The summed E-state index contributed by atoms with van der Waals surface area (Å²) < 4.78 is 6.10. The lowest BCUT2D eigenvalue weighted by atomic mass is 9.94. The van der Waals surface area contributed by atoms with Crippen LogP contribution in [0.1, 0.15) is 82.1 Å². The molecule has 3 N–H and O–H groups in total. The molecule has 5 aliphatic rings. The largest absolute Gasteiger partial charge is 0.465 e. The number of pyridine rings is 1. The number of allylic oxidation sites excluding steroid dienone is 3. The van der Waals surface area contributed by atoms with Crippen molar-refractivity contribution in [1.82, 2.24) is 25.8 Å². The maximum atomic E-state index is 6.10. The van der Waals surface area contributed by atoms with Gasteiger partial charge in [-0.05, 0) is 74.8 Å². The second-order valence-corrected chi connectivity index (χ2v) is 10.2. The van der Waals surface area contributed by atoms with Crippen LogP contribution < -0.4 is 16.0 Å². The van der Waals surface area contributed by atoms with E-state index in [1.807, 2.05) is 40.0 Å². The molecule has 3 unspecified atom stereocenters. The molecular formula is C31H51N7O. The van der Waals surface area contributed by atoms with E-state index in [4.69, 9.17) is 14.7 Å². The summed E-state index contributed by atoms with van der Waals surface area (Å²) in [5.41, 5.74) is 6.61. The highest BCUT2D eigenvalue weighted by Gasteiger charge is 2.62. The summed E-state index contributed by atoms with van der Waals surface area (Å²) in [5, 5.41) is 10.7. The molecule has 39 heavy (non-hydrogen) atoms. The van der Waals surface area contributed by atoms with Crippen molar-refractivity contribution < 1.29 is 7.59 Å². The van der Waals surface area contributed by atoms with E-state index in [0.29, 0.717) is 18.5 Å². The maximum absolute atomic E-state index is 6.10. The van der Waals surface area contributed by atoms with Gasteiger partial charge in [-0.25, -0.2) is 4.99 Å². The summed E-state index contributed by atoms with van der Waals surface area (Å²) in [5.74, 6) is 1.16. The van der Waals surface area contributed by atoms with Gasteiger partial charge in [-0.15, -0.1) is 0 Å². The first kappa shape index (κ1) is 28.9. The minimum absolute atomic E-state index is 0. The Morgan fingerprint density at radius 2 is 1.90 bits per heavy atom. The summed E-state index contributed by atoms with van der Waals surface area (Å²) in [6, 6.07) is 4.63. The number of amidine groups is 1. The molecule has 8 nitrogen and oxygen atoms in total. The predicted molar refractivity (Wildman–Crippen MR) is 164 cm³/mol. The Hall–Kier alpha value is -3.13. The SMILES string of the molecule is CC.CC.CC1=C(C)C2=CC=C(NC3=NC(N4CCCCC4)N=C(OCCCc4cccnc4)N3)C3CC23N1.[HH].[HH]. The lowest BCUT2D eigenvalue weighted by Gasteiger charge is -2.33. The van der Waals surface area contributed by atoms with E-state index in [1.165, 1.54) is 47.4 Å². The van der Waals surface area contributed by atoms with Crippen LogP contribution in [0.5, 0.6) is 0 Å². The number of rotatable bonds is 6. The Morgan fingerprint density at radius 3 is 2.64 bits per heavy atom. The molecule has 3 atom stereocenters. The lowest BCUT2D eigenvalue weighted by molar-refractivity contribution is 0.165. The van der Waals surface area contributed by atoms with Gasteiger partial charge in [-0.1, -0.05) is 46.3 Å².